The molecule has 0 spiro atoms. The van der Waals surface area contributed by atoms with Gasteiger partial charge in [0, 0.05) is 37.8 Å². The smallest absolute Gasteiger partial charge is 0.221 e. The lowest BCUT2D eigenvalue weighted by Crippen LogP contribution is -2.32. The predicted octanol–water partition coefficient (Wildman–Crippen LogP) is 2.39. The van der Waals surface area contributed by atoms with Crippen molar-refractivity contribution in [3.63, 3.8) is 0 Å². The van der Waals surface area contributed by atoms with Crippen molar-refractivity contribution in [1.29, 1.82) is 0 Å². The monoisotopic (exact) mass is 275 g/mol. The fourth-order valence-electron chi connectivity index (χ4n) is 2.36. The first-order chi connectivity index (χ1) is 9.56. The van der Waals surface area contributed by atoms with Gasteiger partial charge in [-0.2, -0.15) is 0 Å². The van der Waals surface area contributed by atoms with E-state index < -0.39 is 0 Å². The van der Waals surface area contributed by atoms with Crippen molar-refractivity contribution in [2.75, 3.05) is 25.5 Å². The van der Waals surface area contributed by atoms with Crippen molar-refractivity contribution >= 4 is 11.6 Å². The van der Waals surface area contributed by atoms with Crippen LogP contribution in [0.25, 0.3) is 0 Å². The van der Waals surface area contributed by atoms with Crippen LogP contribution in [0, 0.1) is 0 Å². The molecule has 4 nitrogen and oxygen atoms in total. The average Bonchev–Trinajstić information content (AvgIpc) is 3.22. The first kappa shape index (κ1) is 15.0. The highest BCUT2D eigenvalue weighted by Crippen LogP contribution is 2.24. The van der Waals surface area contributed by atoms with Gasteiger partial charge >= 0.3 is 0 Å². The fraction of sp³-hybridized carbons (Fsp3) is 0.562. The summed E-state index contributed by atoms with van der Waals surface area (Å²) in [6.07, 6.45) is 2.70. The van der Waals surface area contributed by atoms with E-state index in [4.69, 9.17) is 0 Å². The lowest BCUT2D eigenvalue weighted by atomic mass is 10.1. The zero-order valence-electron chi connectivity index (χ0n) is 12.6. The van der Waals surface area contributed by atoms with Gasteiger partial charge in [0.05, 0.1) is 0 Å². The van der Waals surface area contributed by atoms with Gasteiger partial charge in [-0.25, -0.2) is 0 Å². The molecule has 1 unspecified atom stereocenters. The number of amides is 1. The number of hydrogen-bond donors (Lipinski definition) is 2. The van der Waals surface area contributed by atoms with E-state index >= 15 is 0 Å². The van der Waals surface area contributed by atoms with E-state index in [-0.39, 0.29) is 11.9 Å². The molecule has 20 heavy (non-hydrogen) atoms. The number of nitrogens with one attached hydrogen (secondary N) is 2. The van der Waals surface area contributed by atoms with Crippen LogP contribution < -0.4 is 10.6 Å². The molecular weight excluding hydrogens is 250 g/mol. The van der Waals surface area contributed by atoms with Gasteiger partial charge in [0.2, 0.25) is 5.91 Å². The summed E-state index contributed by atoms with van der Waals surface area (Å²) in [7, 11) is 2.20. The number of rotatable bonds is 7. The van der Waals surface area contributed by atoms with E-state index in [0.29, 0.717) is 0 Å². The van der Waals surface area contributed by atoms with Crippen LogP contribution in [0.4, 0.5) is 5.69 Å². The van der Waals surface area contributed by atoms with Gasteiger partial charge in [-0.1, -0.05) is 12.1 Å². The molecule has 1 aromatic carbocycles. The minimum Gasteiger partial charge on any atom is -0.326 e. The van der Waals surface area contributed by atoms with Gasteiger partial charge in [-0.3, -0.25) is 4.79 Å². The molecule has 4 heteroatoms. The average molecular weight is 275 g/mol. The van der Waals surface area contributed by atoms with Crippen molar-refractivity contribution in [2.24, 2.45) is 0 Å². The second-order valence-electron chi connectivity index (χ2n) is 5.69. The minimum atomic E-state index is -0.0335. The number of benzene rings is 1. The van der Waals surface area contributed by atoms with Crippen LogP contribution >= 0.6 is 0 Å². The van der Waals surface area contributed by atoms with Gasteiger partial charge in [0.1, 0.15) is 0 Å². The third-order valence-electron chi connectivity index (χ3n) is 3.79. The number of carbonyl (C=O) groups excluding carboxylic acids is 1. The van der Waals surface area contributed by atoms with Crippen LogP contribution in [0.3, 0.4) is 0 Å². The van der Waals surface area contributed by atoms with E-state index in [1.165, 1.54) is 25.3 Å². The van der Waals surface area contributed by atoms with Crippen LogP contribution in [0.5, 0.6) is 0 Å². The predicted molar refractivity (Wildman–Crippen MR) is 82.8 cm³/mol. The minimum absolute atomic E-state index is 0.0335. The maximum atomic E-state index is 11.1. The molecule has 2 rings (SSSR count). The topological polar surface area (TPSA) is 44.4 Å². The molecule has 110 valence electrons. The Hall–Kier alpha value is -1.39. The maximum Gasteiger partial charge on any atom is 0.221 e. The summed E-state index contributed by atoms with van der Waals surface area (Å²) >= 11 is 0. The molecule has 2 N–H and O–H groups in total. The van der Waals surface area contributed by atoms with Crippen molar-refractivity contribution in [3.05, 3.63) is 29.8 Å². The van der Waals surface area contributed by atoms with E-state index in [0.717, 1.165) is 24.8 Å². The molecule has 0 bridgehead atoms. The van der Waals surface area contributed by atoms with E-state index in [1.807, 2.05) is 18.2 Å². The second kappa shape index (κ2) is 6.86. The molecule has 1 aliphatic carbocycles. The van der Waals surface area contributed by atoms with Gasteiger partial charge in [0.15, 0.2) is 0 Å². The molecular formula is C16H25N3O. The first-order valence-electron chi connectivity index (χ1n) is 7.37. The van der Waals surface area contributed by atoms with Crippen molar-refractivity contribution in [1.82, 2.24) is 10.2 Å². The Morgan fingerprint density at radius 3 is 2.85 bits per heavy atom. The quantitative estimate of drug-likeness (QED) is 0.803. The number of anilines is 1. The molecule has 1 amide bonds. The summed E-state index contributed by atoms with van der Waals surface area (Å²) in [6, 6.07) is 9.12. The van der Waals surface area contributed by atoms with Crippen LogP contribution in [0.15, 0.2) is 24.3 Å². The Bertz CT molecular complexity index is 457. The highest BCUT2D eigenvalue weighted by molar-refractivity contribution is 5.88. The Kier molecular flexibility index (Phi) is 5.15. The molecule has 1 saturated carbocycles. The fourth-order valence-corrected chi connectivity index (χ4v) is 2.36. The molecule has 0 aromatic heterocycles. The van der Waals surface area contributed by atoms with Crippen LogP contribution in [-0.2, 0) is 4.79 Å². The van der Waals surface area contributed by atoms with Gasteiger partial charge in [0.25, 0.3) is 0 Å². The highest BCUT2D eigenvalue weighted by Gasteiger charge is 2.25. The largest absolute Gasteiger partial charge is 0.326 e. The molecule has 1 aliphatic rings. The molecule has 1 fully saturated rings. The Morgan fingerprint density at radius 2 is 2.20 bits per heavy atom. The van der Waals surface area contributed by atoms with E-state index in [9.17, 15) is 4.79 Å². The molecule has 0 saturated heterocycles. The Morgan fingerprint density at radius 1 is 1.45 bits per heavy atom. The zero-order valence-corrected chi connectivity index (χ0v) is 12.6. The van der Waals surface area contributed by atoms with Crippen molar-refractivity contribution < 1.29 is 4.79 Å². The lowest BCUT2D eigenvalue weighted by Gasteiger charge is -2.19. The van der Waals surface area contributed by atoms with Crippen molar-refractivity contribution in [2.45, 2.75) is 38.8 Å². The van der Waals surface area contributed by atoms with Gasteiger partial charge in [-0.15, -0.1) is 0 Å². The standard InChI is InChI=1S/C16H25N3O/c1-12(17-9-10-19(3)16-7-8-16)14-5-4-6-15(11-14)18-13(2)20/h4-6,11-12,16-17H,7-10H2,1-3H3,(H,18,20). The summed E-state index contributed by atoms with van der Waals surface area (Å²) in [4.78, 5) is 13.5. The normalized spacial score (nSPS) is 16.2. The van der Waals surface area contributed by atoms with E-state index in [1.54, 1.807) is 0 Å². The van der Waals surface area contributed by atoms with E-state index in [2.05, 4.69) is 35.6 Å². The summed E-state index contributed by atoms with van der Waals surface area (Å²) < 4.78 is 0. The maximum absolute atomic E-state index is 11.1. The summed E-state index contributed by atoms with van der Waals surface area (Å²) in [5, 5.41) is 6.36. The lowest BCUT2D eigenvalue weighted by molar-refractivity contribution is -0.114. The molecule has 1 aromatic rings. The molecule has 1 atom stereocenters. The first-order valence-corrected chi connectivity index (χ1v) is 7.37. The molecule has 0 heterocycles. The molecule has 0 aliphatic heterocycles. The summed E-state index contributed by atoms with van der Waals surface area (Å²) in [6.45, 7) is 5.75. The highest BCUT2D eigenvalue weighted by atomic mass is 16.1. The van der Waals surface area contributed by atoms with Crippen LogP contribution in [-0.4, -0.2) is 37.0 Å². The van der Waals surface area contributed by atoms with Crippen molar-refractivity contribution in [3.8, 4) is 0 Å². The SMILES string of the molecule is CC(=O)Nc1cccc(C(C)NCCN(C)C2CC2)c1. The van der Waals surface area contributed by atoms with Gasteiger partial charge in [-0.05, 0) is 44.5 Å². The summed E-state index contributed by atoms with van der Waals surface area (Å²) in [5.41, 5.74) is 2.06. The number of likely N-dealkylation sites (N-methyl/N-ethyl adjacent to an activating group) is 1. The third kappa shape index (κ3) is 4.62. The number of hydrogen-bond acceptors (Lipinski definition) is 3. The third-order valence-corrected chi connectivity index (χ3v) is 3.79. The Balaban J connectivity index is 1.81. The van der Waals surface area contributed by atoms with Gasteiger partial charge < -0.3 is 15.5 Å². The summed E-state index contributed by atoms with van der Waals surface area (Å²) in [5.74, 6) is -0.0335. The number of nitrogens with zero attached hydrogens (tertiary/aromatic N) is 1. The van der Waals surface area contributed by atoms with Crippen LogP contribution in [0.2, 0.25) is 0 Å². The number of carbonyl (C=O) groups is 1. The second-order valence-corrected chi connectivity index (χ2v) is 5.69. The zero-order chi connectivity index (χ0) is 14.5. The Labute approximate surface area is 121 Å². The molecule has 0 radical (unpaired) electrons. The van der Waals surface area contributed by atoms with Crippen LogP contribution in [0.1, 0.15) is 38.3 Å².